The van der Waals surface area contributed by atoms with Gasteiger partial charge in [-0.15, -0.1) is 0 Å². The Labute approximate surface area is 228 Å². The summed E-state index contributed by atoms with van der Waals surface area (Å²) < 4.78 is 1.97. The van der Waals surface area contributed by atoms with E-state index in [1.807, 2.05) is 36.2 Å². The first kappa shape index (κ1) is 27.5. The van der Waals surface area contributed by atoms with Crippen molar-refractivity contribution in [3.8, 4) is 11.8 Å². The molecular formula is C28H36N8OS. The Balaban J connectivity index is 0.000000257. The van der Waals surface area contributed by atoms with E-state index in [0.717, 1.165) is 59.3 Å². The van der Waals surface area contributed by atoms with Gasteiger partial charge in [0.25, 0.3) is 0 Å². The van der Waals surface area contributed by atoms with E-state index in [1.54, 1.807) is 0 Å². The van der Waals surface area contributed by atoms with Crippen LogP contribution in [-0.4, -0.2) is 63.5 Å². The van der Waals surface area contributed by atoms with Gasteiger partial charge in [0.1, 0.15) is 23.2 Å². The van der Waals surface area contributed by atoms with E-state index in [1.165, 1.54) is 18.1 Å². The van der Waals surface area contributed by atoms with Crippen LogP contribution in [0.15, 0.2) is 35.6 Å². The molecule has 38 heavy (non-hydrogen) atoms. The molecule has 2 aliphatic heterocycles. The van der Waals surface area contributed by atoms with Gasteiger partial charge in [0.15, 0.2) is 11.9 Å². The van der Waals surface area contributed by atoms with Gasteiger partial charge < -0.3 is 26.1 Å². The van der Waals surface area contributed by atoms with Crippen molar-refractivity contribution < 1.29 is 4.79 Å². The first-order valence-electron chi connectivity index (χ1n) is 12.7. The average Bonchev–Trinajstić information content (AvgIpc) is 3.62. The second-order valence-corrected chi connectivity index (χ2v) is 11.6. The molecule has 0 aliphatic carbocycles. The molecule has 5 rings (SSSR count). The number of aryl methyl sites for hydroxylation is 1. The summed E-state index contributed by atoms with van der Waals surface area (Å²) in [6.07, 6.45) is 3.46. The predicted octanol–water partition coefficient (Wildman–Crippen LogP) is 3.77. The summed E-state index contributed by atoms with van der Waals surface area (Å²) in [6, 6.07) is 6.40. The minimum atomic E-state index is -0.0655. The van der Waals surface area contributed by atoms with Crippen molar-refractivity contribution in [2.45, 2.75) is 45.5 Å². The first-order chi connectivity index (χ1) is 18.1. The first-order valence-corrected chi connectivity index (χ1v) is 13.6. The number of nitrogens with one attached hydrogen (secondary N) is 2. The van der Waals surface area contributed by atoms with Crippen molar-refractivity contribution in [1.29, 1.82) is 0 Å². The number of thioether (sulfide) groups is 1. The number of hydrogen-bond donors (Lipinski definition) is 3. The highest BCUT2D eigenvalue weighted by Gasteiger charge is 2.26. The van der Waals surface area contributed by atoms with Crippen molar-refractivity contribution in [3.05, 3.63) is 52.5 Å². The van der Waals surface area contributed by atoms with Gasteiger partial charge >= 0.3 is 0 Å². The zero-order chi connectivity index (χ0) is 27.4. The van der Waals surface area contributed by atoms with Crippen molar-refractivity contribution in [3.63, 3.8) is 0 Å². The number of carbonyl (C=O) groups is 1. The number of nitrogen functional groups attached to an aromatic ring is 1. The fourth-order valence-electron chi connectivity index (χ4n) is 4.31. The van der Waals surface area contributed by atoms with Crippen molar-refractivity contribution >= 4 is 40.6 Å². The monoisotopic (exact) mass is 532 g/mol. The summed E-state index contributed by atoms with van der Waals surface area (Å²) in [6.45, 7) is 10.4. The molecule has 0 amide bonds. The zero-order valence-electron chi connectivity index (χ0n) is 22.9. The minimum absolute atomic E-state index is 0.0655. The molecule has 4 heterocycles. The molecule has 1 fully saturated rings. The quantitative estimate of drug-likeness (QED) is 0.343. The van der Waals surface area contributed by atoms with E-state index in [4.69, 9.17) is 10.8 Å². The van der Waals surface area contributed by atoms with Crippen LogP contribution in [0.1, 0.15) is 50.1 Å². The number of allylic oxidation sites excluding steroid dienone is 1. The summed E-state index contributed by atoms with van der Waals surface area (Å²) >= 11 is 1.54. The summed E-state index contributed by atoms with van der Waals surface area (Å²) in [5.41, 5.74) is 11.9. The summed E-state index contributed by atoms with van der Waals surface area (Å²) in [7, 11) is 4.01. The van der Waals surface area contributed by atoms with E-state index in [0.29, 0.717) is 11.5 Å². The molecule has 9 nitrogen and oxygen atoms in total. The summed E-state index contributed by atoms with van der Waals surface area (Å²) in [5, 5.41) is 13.8. The van der Waals surface area contributed by atoms with Crippen LogP contribution >= 0.6 is 11.8 Å². The van der Waals surface area contributed by atoms with Gasteiger partial charge in [0, 0.05) is 42.5 Å². The number of nitrogens with two attached hydrogens (primary N) is 1. The molecule has 0 bridgehead atoms. The third-order valence-corrected chi connectivity index (χ3v) is 7.53. The van der Waals surface area contributed by atoms with Crippen molar-refractivity contribution in [1.82, 2.24) is 30.0 Å². The van der Waals surface area contributed by atoms with Gasteiger partial charge in [-0.05, 0) is 49.4 Å². The van der Waals surface area contributed by atoms with Gasteiger partial charge in [-0.2, -0.15) is 5.10 Å². The van der Waals surface area contributed by atoms with Crippen molar-refractivity contribution in [2.24, 2.45) is 5.41 Å². The number of hydrogen-bond acceptors (Lipinski definition) is 9. The number of fused-ring (bicyclic) bond motifs is 1. The Morgan fingerprint density at radius 3 is 2.66 bits per heavy atom. The number of rotatable bonds is 3. The number of anilines is 2. The second-order valence-electron chi connectivity index (χ2n) is 10.6. The fraction of sp³-hybridized carbons (Fsp3) is 0.429. The Hall–Kier alpha value is -3.55. The van der Waals surface area contributed by atoms with Gasteiger partial charge in [-0.3, -0.25) is 0 Å². The van der Waals surface area contributed by atoms with Crippen molar-refractivity contribution in [2.75, 3.05) is 38.2 Å². The molecule has 0 radical (unpaired) electrons. The molecule has 2 unspecified atom stereocenters. The Bertz CT molecular complexity index is 1410. The Kier molecular flexibility index (Phi) is 8.29. The molecule has 200 valence electrons. The molecule has 0 spiro atoms. The largest absolute Gasteiger partial charge is 0.388 e. The topological polar surface area (TPSA) is 114 Å². The van der Waals surface area contributed by atoms with Gasteiger partial charge in [0.2, 0.25) is 0 Å². The van der Waals surface area contributed by atoms with Crippen LogP contribution in [0.3, 0.4) is 0 Å². The maximum Gasteiger partial charge on any atom is 0.164 e. The third-order valence-electron chi connectivity index (χ3n) is 6.63. The molecular weight excluding hydrogens is 496 g/mol. The maximum absolute atomic E-state index is 10.4. The molecule has 2 aromatic heterocycles. The Morgan fingerprint density at radius 1 is 1.26 bits per heavy atom. The maximum atomic E-state index is 10.4. The highest BCUT2D eigenvalue weighted by atomic mass is 32.2. The van der Waals surface area contributed by atoms with Crippen LogP contribution in [-0.2, 0) is 4.79 Å². The SMILES string of the molecule is CC(C)(C)C1=CSC(C=O)N1.CNc1ccc(C)c(C#Cc2nn(C3CCN(C)C3)c3ncnc(N)c23)c1. The molecule has 10 heteroatoms. The average molecular weight is 533 g/mol. The number of nitrogens with zero attached hydrogens (tertiary/aromatic N) is 5. The molecule has 1 aromatic carbocycles. The smallest absolute Gasteiger partial charge is 0.164 e. The summed E-state index contributed by atoms with van der Waals surface area (Å²) in [5.74, 6) is 6.88. The lowest BCUT2D eigenvalue weighted by molar-refractivity contribution is -0.107. The molecule has 0 saturated carbocycles. The third kappa shape index (κ3) is 6.11. The van der Waals surface area contributed by atoms with Gasteiger partial charge in [-0.25, -0.2) is 14.6 Å². The number of carbonyl (C=O) groups excluding carboxylic acids is 1. The lowest BCUT2D eigenvalue weighted by atomic mass is 9.93. The van der Waals surface area contributed by atoms with Gasteiger partial charge in [-0.1, -0.05) is 44.5 Å². The van der Waals surface area contributed by atoms with Crippen LogP contribution in [0.4, 0.5) is 11.5 Å². The molecule has 2 aliphatic rings. The van der Waals surface area contributed by atoms with E-state index >= 15 is 0 Å². The second kappa shape index (κ2) is 11.5. The lowest BCUT2D eigenvalue weighted by Gasteiger charge is -2.21. The zero-order valence-corrected chi connectivity index (χ0v) is 23.7. The number of likely N-dealkylation sites (tertiary alicyclic amines) is 1. The number of aromatic nitrogens is 4. The Morgan fingerprint density at radius 2 is 2.05 bits per heavy atom. The van der Waals surface area contributed by atoms with Gasteiger partial charge in [0.05, 0.1) is 11.4 Å². The van der Waals surface area contributed by atoms with E-state index < -0.39 is 0 Å². The minimum Gasteiger partial charge on any atom is -0.388 e. The lowest BCUT2D eigenvalue weighted by Crippen LogP contribution is -2.27. The number of benzene rings is 1. The van der Waals surface area contributed by atoms with Crippen LogP contribution in [0, 0.1) is 24.2 Å². The molecule has 1 saturated heterocycles. The molecule has 4 N–H and O–H groups in total. The van der Waals surface area contributed by atoms with E-state index in [9.17, 15) is 4.79 Å². The normalized spacial score (nSPS) is 19.2. The number of aldehydes is 1. The van der Waals surface area contributed by atoms with E-state index in [-0.39, 0.29) is 16.8 Å². The highest BCUT2D eigenvalue weighted by Crippen LogP contribution is 2.31. The fourth-order valence-corrected chi connectivity index (χ4v) is 5.27. The standard InChI is InChI=1S/C20H23N7.C8H13NOS/c1-13-4-6-15(22-2)10-14(13)5-7-17-18-19(21)23-12-24-20(18)27(25-17)16-8-9-26(3)11-16;1-8(2,3)6-5-11-7(4-10)9-6/h4,6,10,12,16,22H,8-9,11H2,1-3H3,(H2,21,23,24);4-5,7,9H,1-3H3. The molecule has 3 aromatic rings. The van der Waals surface area contributed by atoms with Crippen LogP contribution in [0.2, 0.25) is 0 Å². The predicted molar refractivity (Wildman–Crippen MR) is 156 cm³/mol. The summed E-state index contributed by atoms with van der Waals surface area (Å²) in [4.78, 5) is 21.2. The highest BCUT2D eigenvalue weighted by molar-refractivity contribution is 8.03. The van der Waals surface area contributed by atoms with Crippen LogP contribution < -0.4 is 16.4 Å². The van der Waals surface area contributed by atoms with Crippen LogP contribution in [0.5, 0.6) is 0 Å². The van der Waals surface area contributed by atoms with Crippen LogP contribution in [0.25, 0.3) is 11.0 Å². The number of likely N-dealkylation sites (N-methyl/N-ethyl adjacent to an activating group) is 1. The van der Waals surface area contributed by atoms with E-state index in [2.05, 4.69) is 71.2 Å². The molecule has 2 atom stereocenters.